The number of carbonyl (C=O) groups is 1. The maximum Gasteiger partial charge on any atom is 0.251 e. The molecule has 1 aromatic carbocycles. The number of hydrogen-bond donors (Lipinski definition) is 1. The third kappa shape index (κ3) is 2.75. The van der Waals surface area contributed by atoms with Gasteiger partial charge in [-0.25, -0.2) is 0 Å². The molecule has 1 amide bonds. The van der Waals surface area contributed by atoms with Gasteiger partial charge in [-0.1, -0.05) is 19.8 Å². The second kappa shape index (κ2) is 5.24. The first-order valence-corrected chi connectivity index (χ1v) is 7.29. The van der Waals surface area contributed by atoms with Gasteiger partial charge < -0.3 is 10.1 Å². The third-order valence-corrected chi connectivity index (χ3v) is 4.22. The lowest BCUT2D eigenvalue weighted by Gasteiger charge is -2.27. The SMILES string of the molecule is CC1CCCC(NC(=O)c2ccc3c(c2)CCO3)C1. The van der Waals surface area contributed by atoms with Crippen LogP contribution in [0.1, 0.15) is 48.5 Å². The lowest BCUT2D eigenvalue weighted by atomic mass is 9.87. The van der Waals surface area contributed by atoms with E-state index >= 15 is 0 Å². The Morgan fingerprint density at radius 2 is 2.26 bits per heavy atom. The van der Waals surface area contributed by atoms with Gasteiger partial charge in [0.15, 0.2) is 0 Å². The monoisotopic (exact) mass is 259 g/mol. The summed E-state index contributed by atoms with van der Waals surface area (Å²) in [5, 5.41) is 3.18. The van der Waals surface area contributed by atoms with E-state index in [1.807, 2.05) is 18.2 Å². The van der Waals surface area contributed by atoms with Crippen molar-refractivity contribution in [2.75, 3.05) is 6.61 Å². The summed E-state index contributed by atoms with van der Waals surface area (Å²) in [4.78, 5) is 12.3. The van der Waals surface area contributed by atoms with Crippen molar-refractivity contribution in [1.82, 2.24) is 5.32 Å². The van der Waals surface area contributed by atoms with Crippen LogP contribution in [-0.2, 0) is 6.42 Å². The molecule has 3 heteroatoms. The largest absolute Gasteiger partial charge is 0.493 e. The molecule has 1 heterocycles. The third-order valence-electron chi connectivity index (χ3n) is 4.22. The van der Waals surface area contributed by atoms with Gasteiger partial charge in [-0.2, -0.15) is 0 Å². The molecule has 0 saturated heterocycles. The fourth-order valence-corrected chi connectivity index (χ4v) is 3.16. The summed E-state index contributed by atoms with van der Waals surface area (Å²) in [6.07, 6.45) is 5.66. The fraction of sp³-hybridized carbons (Fsp3) is 0.562. The first kappa shape index (κ1) is 12.5. The van der Waals surface area contributed by atoms with Crippen molar-refractivity contribution in [3.63, 3.8) is 0 Å². The number of rotatable bonds is 2. The van der Waals surface area contributed by atoms with E-state index in [0.717, 1.165) is 48.7 Å². The van der Waals surface area contributed by atoms with Gasteiger partial charge in [0.2, 0.25) is 0 Å². The van der Waals surface area contributed by atoms with E-state index in [0.29, 0.717) is 6.04 Å². The molecule has 1 aromatic rings. The van der Waals surface area contributed by atoms with Crippen LogP contribution in [0, 0.1) is 5.92 Å². The van der Waals surface area contributed by atoms with Crippen molar-refractivity contribution in [2.45, 2.75) is 45.1 Å². The first-order chi connectivity index (χ1) is 9.22. The van der Waals surface area contributed by atoms with E-state index in [2.05, 4.69) is 12.2 Å². The normalized spacial score (nSPS) is 25.5. The predicted octanol–water partition coefficient (Wildman–Crippen LogP) is 2.93. The molecule has 3 rings (SSSR count). The van der Waals surface area contributed by atoms with Gasteiger partial charge in [-0.05, 0) is 42.5 Å². The molecule has 0 radical (unpaired) electrons. The summed E-state index contributed by atoms with van der Waals surface area (Å²) < 4.78 is 5.47. The molecule has 0 aromatic heterocycles. The minimum atomic E-state index is 0.0637. The van der Waals surface area contributed by atoms with E-state index in [4.69, 9.17) is 4.74 Å². The summed E-state index contributed by atoms with van der Waals surface area (Å²) in [5.74, 6) is 1.73. The molecule has 1 aliphatic heterocycles. The molecule has 1 N–H and O–H groups in total. The molecular formula is C16H21NO2. The second-order valence-electron chi connectivity index (χ2n) is 5.86. The quantitative estimate of drug-likeness (QED) is 0.886. The lowest BCUT2D eigenvalue weighted by Crippen LogP contribution is -2.37. The molecule has 3 nitrogen and oxygen atoms in total. The van der Waals surface area contributed by atoms with Crippen LogP contribution < -0.4 is 10.1 Å². The van der Waals surface area contributed by atoms with E-state index in [1.165, 1.54) is 12.8 Å². The first-order valence-electron chi connectivity index (χ1n) is 7.29. The Morgan fingerprint density at radius 3 is 3.11 bits per heavy atom. The van der Waals surface area contributed by atoms with E-state index in [-0.39, 0.29) is 5.91 Å². The van der Waals surface area contributed by atoms with Crippen molar-refractivity contribution in [1.29, 1.82) is 0 Å². The van der Waals surface area contributed by atoms with Gasteiger partial charge in [0.05, 0.1) is 6.61 Å². The van der Waals surface area contributed by atoms with E-state index in [1.54, 1.807) is 0 Å². The van der Waals surface area contributed by atoms with Crippen molar-refractivity contribution in [3.8, 4) is 5.75 Å². The molecule has 1 saturated carbocycles. The number of nitrogens with one attached hydrogen (secondary N) is 1. The number of fused-ring (bicyclic) bond motifs is 1. The highest BCUT2D eigenvalue weighted by Gasteiger charge is 2.21. The smallest absolute Gasteiger partial charge is 0.251 e. The van der Waals surface area contributed by atoms with Crippen molar-refractivity contribution in [2.24, 2.45) is 5.92 Å². The minimum absolute atomic E-state index is 0.0637. The Kier molecular flexibility index (Phi) is 3.45. The number of ether oxygens (including phenoxy) is 1. The molecule has 2 atom stereocenters. The maximum absolute atomic E-state index is 12.3. The van der Waals surface area contributed by atoms with E-state index in [9.17, 15) is 4.79 Å². The highest BCUT2D eigenvalue weighted by Crippen LogP contribution is 2.27. The average molecular weight is 259 g/mol. The average Bonchev–Trinajstić information content (AvgIpc) is 2.85. The van der Waals surface area contributed by atoms with Crippen molar-refractivity contribution >= 4 is 5.91 Å². The predicted molar refractivity (Wildman–Crippen MR) is 74.5 cm³/mol. The summed E-state index contributed by atoms with van der Waals surface area (Å²) in [5.41, 5.74) is 1.92. The second-order valence-corrected chi connectivity index (χ2v) is 5.86. The van der Waals surface area contributed by atoms with Crippen LogP contribution in [0.15, 0.2) is 18.2 Å². The Balaban J connectivity index is 1.67. The molecule has 1 fully saturated rings. The standard InChI is InChI=1S/C16H21NO2/c1-11-3-2-4-14(9-11)17-16(18)13-5-6-15-12(10-13)7-8-19-15/h5-6,10-11,14H,2-4,7-9H2,1H3,(H,17,18). The summed E-state index contributed by atoms with van der Waals surface area (Å²) in [6.45, 7) is 3.01. The fourth-order valence-electron chi connectivity index (χ4n) is 3.16. The van der Waals surface area contributed by atoms with E-state index < -0.39 is 0 Å². The minimum Gasteiger partial charge on any atom is -0.493 e. The van der Waals surface area contributed by atoms with Gasteiger partial charge in [0, 0.05) is 18.0 Å². The molecule has 2 aliphatic rings. The lowest BCUT2D eigenvalue weighted by molar-refractivity contribution is 0.0921. The highest BCUT2D eigenvalue weighted by atomic mass is 16.5. The maximum atomic E-state index is 12.3. The number of carbonyl (C=O) groups excluding carboxylic acids is 1. The summed E-state index contributed by atoms with van der Waals surface area (Å²) >= 11 is 0. The molecule has 0 spiro atoms. The van der Waals surface area contributed by atoms with Gasteiger partial charge in [-0.15, -0.1) is 0 Å². The number of amides is 1. The van der Waals surface area contributed by atoms with Crippen LogP contribution in [0.2, 0.25) is 0 Å². The molecule has 0 bridgehead atoms. The Hall–Kier alpha value is -1.51. The van der Waals surface area contributed by atoms with Crippen molar-refractivity contribution < 1.29 is 9.53 Å². The zero-order valence-corrected chi connectivity index (χ0v) is 11.4. The van der Waals surface area contributed by atoms with Crippen LogP contribution in [0.25, 0.3) is 0 Å². The summed E-state index contributed by atoms with van der Waals surface area (Å²) in [6, 6.07) is 6.11. The topological polar surface area (TPSA) is 38.3 Å². The molecule has 2 unspecified atom stereocenters. The zero-order valence-electron chi connectivity index (χ0n) is 11.4. The van der Waals surface area contributed by atoms with Crippen LogP contribution in [0.4, 0.5) is 0 Å². The van der Waals surface area contributed by atoms with Crippen LogP contribution in [0.5, 0.6) is 5.75 Å². The van der Waals surface area contributed by atoms with Crippen LogP contribution in [0.3, 0.4) is 0 Å². The van der Waals surface area contributed by atoms with Gasteiger partial charge in [0.1, 0.15) is 5.75 Å². The number of hydrogen-bond acceptors (Lipinski definition) is 2. The van der Waals surface area contributed by atoms with Crippen LogP contribution >= 0.6 is 0 Å². The molecular weight excluding hydrogens is 238 g/mol. The number of benzene rings is 1. The Morgan fingerprint density at radius 1 is 1.37 bits per heavy atom. The Bertz CT molecular complexity index is 484. The van der Waals surface area contributed by atoms with Gasteiger partial charge in [-0.3, -0.25) is 4.79 Å². The van der Waals surface area contributed by atoms with Gasteiger partial charge in [0.25, 0.3) is 5.91 Å². The van der Waals surface area contributed by atoms with Crippen molar-refractivity contribution in [3.05, 3.63) is 29.3 Å². The molecule has 102 valence electrons. The zero-order chi connectivity index (χ0) is 13.2. The summed E-state index contributed by atoms with van der Waals surface area (Å²) in [7, 11) is 0. The highest BCUT2D eigenvalue weighted by molar-refractivity contribution is 5.94. The molecule has 19 heavy (non-hydrogen) atoms. The van der Waals surface area contributed by atoms with Gasteiger partial charge >= 0.3 is 0 Å². The molecule has 1 aliphatic carbocycles. The Labute approximate surface area is 114 Å². The van der Waals surface area contributed by atoms with Crippen LogP contribution in [-0.4, -0.2) is 18.6 Å².